The molecule has 1 N–H and O–H groups in total. The van der Waals surface area contributed by atoms with Gasteiger partial charge in [0.15, 0.2) is 0 Å². The van der Waals surface area contributed by atoms with Crippen LogP contribution in [0.15, 0.2) is 95.6 Å². The van der Waals surface area contributed by atoms with Crippen LogP contribution in [0, 0.1) is 6.92 Å². The van der Waals surface area contributed by atoms with Gasteiger partial charge in [0, 0.05) is 27.4 Å². The van der Waals surface area contributed by atoms with Crippen LogP contribution in [0.2, 0.25) is 0 Å². The summed E-state index contributed by atoms with van der Waals surface area (Å²) in [5, 5.41) is 6.89. The lowest BCUT2D eigenvalue weighted by atomic mass is 10.1. The summed E-state index contributed by atoms with van der Waals surface area (Å²) in [4.78, 5) is 25.6. The van der Waals surface area contributed by atoms with Crippen LogP contribution >= 0.6 is 11.3 Å². The highest BCUT2D eigenvalue weighted by Crippen LogP contribution is 2.37. The minimum absolute atomic E-state index is 0.103. The van der Waals surface area contributed by atoms with Crippen LogP contribution in [0.3, 0.4) is 0 Å². The van der Waals surface area contributed by atoms with Crippen LogP contribution in [0.4, 0.5) is 18.9 Å². The van der Waals surface area contributed by atoms with Crippen molar-refractivity contribution in [3.05, 3.63) is 101 Å². The second kappa shape index (κ2) is 21.1. The second-order valence-corrected chi connectivity index (χ2v) is 10.6. The Kier molecular flexibility index (Phi) is 19.3. The van der Waals surface area contributed by atoms with Crippen LogP contribution in [0.25, 0.3) is 10.4 Å². The monoisotopic (exact) mass is 617 g/mol. The smallest absolute Gasteiger partial charge is 0.412 e. The summed E-state index contributed by atoms with van der Waals surface area (Å²) in [7, 11) is 0. The zero-order valence-corrected chi connectivity index (χ0v) is 27.2. The first-order chi connectivity index (χ1) is 20.4. The maximum absolute atomic E-state index is 13.7. The van der Waals surface area contributed by atoms with Gasteiger partial charge in [0.1, 0.15) is 0 Å². The molecule has 1 aromatic carbocycles. The van der Waals surface area contributed by atoms with Gasteiger partial charge in [-0.15, -0.1) is 11.3 Å². The number of aryl methyl sites for hydroxylation is 1. The molecule has 4 nitrogen and oxygen atoms in total. The average Bonchev–Trinajstić information content (AvgIpc) is 3.37. The van der Waals surface area contributed by atoms with E-state index in [1.807, 2.05) is 63.2 Å². The van der Waals surface area contributed by atoms with Gasteiger partial charge in [-0.2, -0.15) is 13.2 Å². The predicted octanol–water partition coefficient (Wildman–Crippen LogP) is 10.9. The zero-order valence-electron chi connectivity index (χ0n) is 26.4. The Labute approximate surface area is 259 Å². The van der Waals surface area contributed by atoms with E-state index in [0.717, 1.165) is 47.2 Å². The molecule has 1 heterocycles. The molecule has 0 aliphatic carbocycles. The van der Waals surface area contributed by atoms with E-state index >= 15 is 0 Å². The number of carbonyl (C=O) groups excluding carboxylic acids is 1. The molecule has 2 rings (SSSR count). The fourth-order valence-electron chi connectivity index (χ4n) is 3.86. The first-order valence-corrected chi connectivity index (χ1v) is 15.2. The van der Waals surface area contributed by atoms with Crippen molar-refractivity contribution < 1.29 is 27.9 Å². The number of carboxylic acid groups (broad SMARTS) is 1. The summed E-state index contributed by atoms with van der Waals surface area (Å²) in [6.07, 6.45) is 7.27. The molecule has 0 atom stereocenters. The van der Waals surface area contributed by atoms with Crippen LogP contribution in [0.1, 0.15) is 72.1 Å². The molecular weight excluding hydrogens is 571 g/mol. The molecule has 236 valence electrons. The van der Waals surface area contributed by atoms with Crippen molar-refractivity contribution in [2.24, 2.45) is 0 Å². The van der Waals surface area contributed by atoms with E-state index in [-0.39, 0.29) is 25.3 Å². The number of halogens is 3. The van der Waals surface area contributed by atoms with E-state index in [2.05, 4.69) is 26.5 Å². The van der Waals surface area contributed by atoms with Crippen molar-refractivity contribution in [2.45, 2.75) is 80.3 Å². The molecule has 0 bridgehead atoms. The molecule has 0 radical (unpaired) electrons. The topological polar surface area (TPSA) is 57.6 Å². The third-order valence-electron chi connectivity index (χ3n) is 6.22. The quantitative estimate of drug-likeness (QED) is 0.112. The summed E-state index contributed by atoms with van der Waals surface area (Å²) >= 11 is 1.58. The van der Waals surface area contributed by atoms with Crippen LogP contribution < -0.4 is 4.90 Å². The number of anilines is 1. The standard InChI is InChI=1S/C32H38F3NOS.C2H6.CH2O2/c1-7-14-23(3)15-12-13-16-24(4)31(37)36(22-27(8-2)20-19-25(5)32(33,34)35)29-21-30(38-26(29)6)28-17-10-9-11-18-28;1-2;2-1-3/h8-11,13-14,16-19,21H,4,7,12,15,20,22H2,1-3,5-6H3;1-2H3;1H,(H,2,3)/b16-13-,23-14-,25-19+,27-8+;;. The van der Waals surface area contributed by atoms with Gasteiger partial charge in [-0.05, 0) is 65.0 Å². The molecule has 0 unspecified atom stereocenters. The predicted molar refractivity (Wildman–Crippen MR) is 177 cm³/mol. The Morgan fingerprint density at radius 3 is 2.26 bits per heavy atom. The normalized spacial score (nSPS) is 12.2. The van der Waals surface area contributed by atoms with Gasteiger partial charge in [0.25, 0.3) is 12.4 Å². The Morgan fingerprint density at radius 2 is 1.72 bits per heavy atom. The summed E-state index contributed by atoms with van der Waals surface area (Å²) < 4.78 is 39.1. The van der Waals surface area contributed by atoms with E-state index in [1.165, 1.54) is 11.6 Å². The summed E-state index contributed by atoms with van der Waals surface area (Å²) in [5.41, 5.74) is 3.50. The van der Waals surface area contributed by atoms with Gasteiger partial charge in [0.05, 0.1) is 5.69 Å². The molecule has 0 fully saturated rings. The average molecular weight is 618 g/mol. The number of carbonyl (C=O) groups is 2. The lowest BCUT2D eigenvalue weighted by Crippen LogP contribution is -2.33. The van der Waals surface area contributed by atoms with E-state index < -0.39 is 11.7 Å². The maximum Gasteiger partial charge on any atom is 0.412 e. The number of hydrogen-bond donors (Lipinski definition) is 1. The molecule has 0 spiro atoms. The van der Waals surface area contributed by atoms with Gasteiger partial charge in [-0.1, -0.05) is 99.2 Å². The third kappa shape index (κ3) is 14.4. The summed E-state index contributed by atoms with van der Waals surface area (Å²) in [6, 6.07) is 11.9. The van der Waals surface area contributed by atoms with E-state index in [9.17, 15) is 18.0 Å². The first-order valence-electron chi connectivity index (χ1n) is 14.3. The highest BCUT2D eigenvalue weighted by Gasteiger charge is 2.29. The van der Waals surface area contributed by atoms with E-state index in [0.29, 0.717) is 11.1 Å². The number of rotatable bonds is 12. The number of amides is 1. The minimum atomic E-state index is -4.37. The van der Waals surface area contributed by atoms with Crippen molar-refractivity contribution in [2.75, 3.05) is 11.4 Å². The van der Waals surface area contributed by atoms with Crippen molar-refractivity contribution in [3.63, 3.8) is 0 Å². The highest BCUT2D eigenvalue weighted by atomic mass is 32.1. The molecule has 0 saturated heterocycles. The number of benzene rings is 1. The molecule has 1 aromatic heterocycles. The van der Waals surface area contributed by atoms with Gasteiger partial charge in [0.2, 0.25) is 0 Å². The molecule has 0 aliphatic rings. The van der Waals surface area contributed by atoms with Gasteiger partial charge in [-0.3, -0.25) is 9.59 Å². The maximum atomic E-state index is 13.7. The molecule has 0 saturated carbocycles. The Morgan fingerprint density at radius 1 is 1.12 bits per heavy atom. The number of hydrogen-bond acceptors (Lipinski definition) is 3. The lowest BCUT2D eigenvalue weighted by molar-refractivity contribution is -0.123. The largest absolute Gasteiger partial charge is 0.483 e. The number of nitrogens with zero attached hydrogens (tertiary/aromatic N) is 1. The lowest BCUT2D eigenvalue weighted by Gasteiger charge is -2.24. The van der Waals surface area contributed by atoms with Crippen molar-refractivity contribution in [3.8, 4) is 10.4 Å². The van der Waals surface area contributed by atoms with Gasteiger partial charge < -0.3 is 10.0 Å². The van der Waals surface area contributed by atoms with E-state index in [1.54, 1.807) is 35.3 Å². The molecule has 8 heteroatoms. The summed E-state index contributed by atoms with van der Waals surface area (Å²) in [5.74, 6) is -0.265. The Bertz CT molecular complexity index is 1270. The number of alkyl halides is 3. The minimum Gasteiger partial charge on any atom is -0.483 e. The van der Waals surface area contributed by atoms with Crippen molar-refractivity contribution in [1.29, 1.82) is 0 Å². The molecule has 0 aliphatic heterocycles. The van der Waals surface area contributed by atoms with Gasteiger partial charge >= 0.3 is 6.18 Å². The molecule has 1 amide bonds. The van der Waals surface area contributed by atoms with Gasteiger partial charge in [-0.25, -0.2) is 0 Å². The number of thiophene rings is 1. The van der Waals surface area contributed by atoms with Crippen molar-refractivity contribution in [1.82, 2.24) is 0 Å². The Hall–Kier alpha value is -3.65. The second-order valence-electron chi connectivity index (χ2n) is 9.38. The number of allylic oxidation sites excluding steroid dienone is 6. The highest BCUT2D eigenvalue weighted by molar-refractivity contribution is 7.16. The SMILES string of the molecule is C=C(/C=C\CC/C(C)=C\CC)C(=O)N(C/C(=C/C)C/C=C(\C)C(F)(F)F)c1cc(-c2ccccc2)sc1C.CC.O=CO. The van der Waals surface area contributed by atoms with Crippen LogP contribution in [0.5, 0.6) is 0 Å². The van der Waals surface area contributed by atoms with E-state index in [4.69, 9.17) is 9.90 Å². The third-order valence-corrected chi connectivity index (χ3v) is 7.31. The fraction of sp³-hybridized carbons (Fsp3) is 0.371. The zero-order chi connectivity index (χ0) is 33.0. The molecular formula is C35H46F3NO3S. The molecule has 2 aromatic rings. The summed E-state index contributed by atoms with van der Waals surface area (Å²) in [6.45, 7) is 16.9. The van der Waals surface area contributed by atoms with Crippen LogP contribution in [-0.2, 0) is 9.59 Å². The van der Waals surface area contributed by atoms with Crippen LogP contribution in [-0.4, -0.2) is 30.2 Å². The van der Waals surface area contributed by atoms with Crippen molar-refractivity contribution >= 4 is 29.4 Å². The molecule has 43 heavy (non-hydrogen) atoms. The Balaban J connectivity index is 0.00000331. The fourth-order valence-corrected chi connectivity index (χ4v) is 4.89. The first kappa shape index (κ1) is 39.4.